The maximum absolute atomic E-state index is 12.1. The predicted octanol–water partition coefficient (Wildman–Crippen LogP) is 7.41. The molecule has 0 atom stereocenters. The molecule has 0 unspecified atom stereocenters. The van der Waals surface area contributed by atoms with Crippen molar-refractivity contribution in [2.45, 2.75) is 6.92 Å². The maximum Gasteiger partial charge on any atom is 0.348 e. The van der Waals surface area contributed by atoms with E-state index in [4.69, 9.17) is 9.73 Å². The molecule has 0 saturated heterocycles. The van der Waals surface area contributed by atoms with Crippen molar-refractivity contribution in [1.82, 2.24) is 14.5 Å². The molecule has 0 spiro atoms. The Labute approximate surface area is 229 Å². The molecule has 3 heterocycles. The van der Waals surface area contributed by atoms with Crippen LogP contribution in [0.4, 0.5) is 5.82 Å². The van der Waals surface area contributed by atoms with E-state index in [0.717, 1.165) is 49.6 Å². The highest BCUT2D eigenvalue weighted by Gasteiger charge is 2.16. The largest absolute Gasteiger partial charge is 0.465 e. The van der Waals surface area contributed by atoms with Crippen LogP contribution in [-0.4, -0.2) is 33.3 Å². The molecular formula is C32H24N4O2S. The second kappa shape index (κ2) is 10.5. The van der Waals surface area contributed by atoms with Crippen LogP contribution >= 0.6 is 11.3 Å². The van der Waals surface area contributed by atoms with Gasteiger partial charge in [0.05, 0.1) is 23.9 Å². The van der Waals surface area contributed by atoms with E-state index in [9.17, 15) is 4.79 Å². The Morgan fingerprint density at radius 3 is 2.23 bits per heavy atom. The van der Waals surface area contributed by atoms with E-state index in [2.05, 4.69) is 46.4 Å². The Bertz CT molecular complexity index is 1780. The molecule has 0 N–H and O–H groups in total. The maximum atomic E-state index is 12.1. The van der Waals surface area contributed by atoms with Gasteiger partial charge in [0, 0.05) is 17.3 Å². The highest BCUT2D eigenvalue weighted by molar-refractivity contribution is 7.16. The highest BCUT2D eigenvalue weighted by atomic mass is 32.1. The number of rotatable bonds is 6. The lowest BCUT2D eigenvalue weighted by Crippen LogP contribution is -2.02. The predicted molar refractivity (Wildman–Crippen MR) is 156 cm³/mol. The van der Waals surface area contributed by atoms with Crippen molar-refractivity contribution in [3.05, 3.63) is 131 Å². The van der Waals surface area contributed by atoms with Gasteiger partial charge in [0.2, 0.25) is 0 Å². The van der Waals surface area contributed by atoms with Crippen LogP contribution in [0, 0.1) is 6.92 Å². The number of methoxy groups -OCH3 is 1. The third kappa shape index (κ3) is 4.87. The molecule has 0 aliphatic carbocycles. The second-order valence-corrected chi connectivity index (χ2v) is 10.0. The highest BCUT2D eigenvalue weighted by Crippen LogP contribution is 2.31. The van der Waals surface area contributed by atoms with Crippen molar-refractivity contribution in [3.63, 3.8) is 0 Å². The number of nitrogens with zero attached hydrogens (tertiary/aromatic N) is 4. The van der Waals surface area contributed by atoms with Gasteiger partial charge < -0.3 is 4.74 Å². The zero-order valence-corrected chi connectivity index (χ0v) is 22.2. The minimum Gasteiger partial charge on any atom is -0.465 e. The molecule has 0 radical (unpaired) electrons. The Kier molecular flexibility index (Phi) is 6.57. The van der Waals surface area contributed by atoms with E-state index in [-0.39, 0.29) is 5.97 Å². The molecule has 0 amide bonds. The smallest absolute Gasteiger partial charge is 0.348 e. The third-order valence-corrected chi connectivity index (χ3v) is 7.68. The Morgan fingerprint density at radius 1 is 0.846 bits per heavy atom. The summed E-state index contributed by atoms with van der Waals surface area (Å²) in [5.74, 6) is 0.305. The minimum atomic E-state index is -0.325. The number of fused-ring (bicyclic) bond motifs is 1. The third-order valence-electron chi connectivity index (χ3n) is 6.46. The number of hydrogen-bond acceptors (Lipinski definition) is 6. The molecule has 0 aliphatic heterocycles. The summed E-state index contributed by atoms with van der Waals surface area (Å²) < 4.78 is 6.91. The molecular weight excluding hydrogens is 504 g/mol. The van der Waals surface area contributed by atoms with Gasteiger partial charge in [0.1, 0.15) is 16.2 Å². The number of aliphatic imine (C=N–C) groups is 1. The van der Waals surface area contributed by atoms with Gasteiger partial charge in [-0.3, -0.25) is 4.57 Å². The van der Waals surface area contributed by atoms with Gasteiger partial charge in [-0.15, -0.1) is 11.3 Å². The van der Waals surface area contributed by atoms with Crippen molar-refractivity contribution in [2.75, 3.05) is 7.11 Å². The van der Waals surface area contributed by atoms with Gasteiger partial charge in [0.25, 0.3) is 0 Å². The Balaban J connectivity index is 1.36. The summed E-state index contributed by atoms with van der Waals surface area (Å²) >= 11 is 1.39. The number of carbonyl (C=O) groups is 1. The number of pyridine rings is 1. The van der Waals surface area contributed by atoms with Crippen molar-refractivity contribution in [1.29, 1.82) is 0 Å². The van der Waals surface area contributed by atoms with Crippen molar-refractivity contribution >= 4 is 39.9 Å². The summed E-state index contributed by atoms with van der Waals surface area (Å²) in [5.41, 5.74) is 7.64. The summed E-state index contributed by atoms with van der Waals surface area (Å²) in [4.78, 5) is 26.9. The van der Waals surface area contributed by atoms with Crippen LogP contribution in [-0.2, 0) is 4.74 Å². The lowest BCUT2D eigenvalue weighted by atomic mass is 10.0. The van der Waals surface area contributed by atoms with E-state index in [1.54, 1.807) is 12.5 Å². The normalized spacial score (nSPS) is 10.9. The summed E-state index contributed by atoms with van der Waals surface area (Å²) in [6.45, 7) is 1.91. The van der Waals surface area contributed by atoms with Crippen LogP contribution in [0.2, 0.25) is 0 Å². The van der Waals surface area contributed by atoms with Crippen molar-refractivity contribution in [2.24, 2.45) is 4.99 Å². The fourth-order valence-corrected chi connectivity index (χ4v) is 5.58. The standard InChI is InChI=1S/C32H24N4O2S/c1-21-17-29(39-31(21)32(37)38-2)36-20-34-26-18-24(13-14-27(26)36)25-15-16-33-28(19-25)35-30(22-9-5-3-6-10-22)23-11-7-4-8-12-23/h3-20H,1-2H3. The van der Waals surface area contributed by atoms with Crippen LogP contribution in [0.15, 0.2) is 115 Å². The number of esters is 1. The average Bonchev–Trinajstić information content (AvgIpc) is 3.59. The van der Waals surface area contributed by atoms with Crippen molar-refractivity contribution < 1.29 is 9.53 Å². The number of aryl methyl sites for hydroxylation is 1. The molecule has 0 saturated carbocycles. The minimum absolute atomic E-state index is 0.325. The van der Waals surface area contributed by atoms with Gasteiger partial charge >= 0.3 is 5.97 Å². The van der Waals surface area contributed by atoms with Crippen LogP contribution in [0.1, 0.15) is 26.4 Å². The fraction of sp³-hybridized carbons (Fsp3) is 0.0625. The molecule has 39 heavy (non-hydrogen) atoms. The van der Waals surface area contributed by atoms with E-state index >= 15 is 0 Å². The Hall–Kier alpha value is -4.88. The summed E-state index contributed by atoms with van der Waals surface area (Å²) in [7, 11) is 1.40. The number of thiophene rings is 1. The van der Waals surface area contributed by atoms with Gasteiger partial charge in [-0.05, 0) is 53.9 Å². The van der Waals surface area contributed by atoms with E-state index in [1.807, 2.05) is 72.2 Å². The molecule has 0 fully saturated rings. The van der Waals surface area contributed by atoms with Crippen LogP contribution in [0.3, 0.4) is 0 Å². The molecule has 6 rings (SSSR count). The average molecular weight is 529 g/mol. The zero-order valence-electron chi connectivity index (χ0n) is 21.4. The SMILES string of the molecule is COC(=O)c1sc(-n2cnc3cc(-c4ccnc(N=C(c5ccccc5)c5ccccc5)c4)ccc32)cc1C. The molecule has 3 aromatic heterocycles. The van der Waals surface area contributed by atoms with Gasteiger partial charge in [0.15, 0.2) is 5.82 Å². The number of ether oxygens (including phenoxy) is 1. The molecule has 6 aromatic rings. The molecule has 0 aliphatic rings. The zero-order chi connectivity index (χ0) is 26.8. The fourth-order valence-electron chi connectivity index (χ4n) is 4.51. The lowest BCUT2D eigenvalue weighted by Gasteiger charge is -2.08. The first-order valence-electron chi connectivity index (χ1n) is 12.4. The second-order valence-electron chi connectivity index (χ2n) is 9.00. The van der Waals surface area contributed by atoms with Crippen LogP contribution in [0.25, 0.3) is 27.2 Å². The first kappa shape index (κ1) is 24.5. The monoisotopic (exact) mass is 528 g/mol. The first-order valence-corrected chi connectivity index (χ1v) is 13.2. The van der Waals surface area contributed by atoms with Gasteiger partial charge in [-0.1, -0.05) is 66.7 Å². The number of carbonyl (C=O) groups excluding carboxylic acids is 1. The summed E-state index contributed by atoms with van der Waals surface area (Å²) in [6, 6.07) is 32.4. The van der Waals surface area contributed by atoms with E-state index in [1.165, 1.54) is 18.4 Å². The number of imidazole rings is 1. The van der Waals surface area contributed by atoms with Crippen LogP contribution in [0.5, 0.6) is 0 Å². The van der Waals surface area contributed by atoms with Crippen LogP contribution < -0.4 is 0 Å². The number of aromatic nitrogens is 3. The summed E-state index contributed by atoms with van der Waals surface area (Å²) in [5, 5.41) is 0.915. The molecule has 0 bridgehead atoms. The van der Waals surface area contributed by atoms with E-state index < -0.39 is 0 Å². The molecule has 7 heteroatoms. The van der Waals surface area contributed by atoms with Gasteiger partial charge in [-0.2, -0.15) is 0 Å². The lowest BCUT2D eigenvalue weighted by molar-refractivity contribution is 0.0605. The van der Waals surface area contributed by atoms with Crippen molar-refractivity contribution in [3.8, 4) is 16.1 Å². The first-order chi connectivity index (χ1) is 19.1. The topological polar surface area (TPSA) is 69.4 Å². The molecule has 3 aromatic carbocycles. The molecule has 6 nitrogen and oxygen atoms in total. The van der Waals surface area contributed by atoms with E-state index in [0.29, 0.717) is 10.7 Å². The van der Waals surface area contributed by atoms with Gasteiger partial charge in [-0.25, -0.2) is 19.8 Å². The summed E-state index contributed by atoms with van der Waals surface area (Å²) in [6.07, 6.45) is 3.57. The number of hydrogen-bond donors (Lipinski definition) is 0. The quantitative estimate of drug-likeness (QED) is 0.167. The number of benzene rings is 3. The molecule has 190 valence electrons. The Morgan fingerprint density at radius 2 is 1.54 bits per heavy atom.